The molecule has 5 nitrogen and oxygen atoms in total. The van der Waals surface area contributed by atoms with E-state index in [1.165, 1.54) is 17.4 Å². The van der Waals surface area contributed by atoms with Crippen molar-refractivity contribution < 1.29 is 18.7 Å². The lowest BCUT2D eigenvalue weighted by atomic mass is 10.2. The number of hydrogen-bond acceptors (Lipinski definition) is 5. The lowest BCUT2D eigenvalue weighted by molar-refractivity contribution is 0.102. The van der Waals surface area contributed by atoms with E-state index in [1.807, 2.05) is 55.5 Å². The van der Waals surface area contributed by atoms with Gasteiger partial charge in [0.25, 0.3) is 5.91 Å². The molecule has 0 aliphatic heterocycles. The van der Waals surface area contributed by atoms with E-state index in [-0.39, 0.29) is 11.4 Å². The third-order valence-corrected chi connectivity index (χ3v) is 5.62. The average Bonchev–Trinajstić information content (AvgIpc) is 3.31. The Balaban J connectivity index is 1.45. The Morgan fingerprint density at radius 3 is 2.72 bits per heavy atom. The number of hydrogen-bond donors (Lipinski definition) is 1. The van der Waals surface area contributed by atoms with Gasteiger partial charge < -0.3 is 14.8 Å². The molecule has 0 unspecified atom stereocenters. The largest absolute Gasteiger partial charge is 0.497 e. The summed E-state index contributed by atoms with van der Waals surface area (Å²) in [5.74, 6) is 0.523. The number of aryl methyl sites for hydroxylation is 1. The van der Waals surface area contributed by atoms with E-state index in [0.29, 0.717) is 17.4 Å². The van der Waals surface area contributed by atoms with Gasteiger partial charge in [0, 0.05) is 10.9 Å². The maximum Gasteiger partial charge on any atom is 0.275 e. The number of halogens is 1. The van der Waals surface area contributed by atoms with Gasteiger partial charge in [0.1, 0.15) is 34.6 Å². The number of nitrogens with zero attached hydrogens (tertiary/aromatic N) is 1. The highest BCUT2D eigenvalue weighted by Gasteiger charge is 2.14. The highest BCUT2D eigenvalue weighted by atomic mass is 32.1. The number of aromatic nitrogens is 1. The Hall–Kier alpha value is -3.71. The molecule has 7 heteroatoms. The Bertz CT molecular complexity index is 1260. The molecule has 0 bridgehead atoms. The zero-order chi connectivity index (χ0) is 22.5. The van der Waals surface area contributed by atoms with Crippen LogP contribution in [0.25, 0.3) is 10.6 Å². The quantitative estimate of drug-likeness (QED) is 0.371. The summed E-state index contributed by atoms with van der Waals surface area (Å²) in [5, 5.41) is 4.91. The number of amides is 1. The minimum Gasteiger partial charge on any atom is -0.497 e. The van der Waals surface area contributed by atoms with Crippen molar-refractivity contribution in [3.63, 3.8) is 0 Å². The standard InChI is InChI=1S/C25H21FN2O3S/c1-16-9-10-21(26)22(11-16)27-24(29)23-15-32-25(28-23)18-6-4-8-20(13-18)31-14-17-5-3-7-19(12-17)30-2/h3-13,15H,14H2,1-2H3,(H,27,29). The van der Waals surface area contributed by atoms with Crippen molar-refractivity contribution in [2.45, 2.75) is 13.5 Å². The molecule has 0 fully saturated rings. The fourth-order valence-corrected chi connectivity index (χ4v) is 3.88. The number of carbonyl (C=O) groups is 1. The van der Waals surface area contributed by atoms with E-state index in [2.05, 4.69) is 10.3 Å². The molecule has 1 N–H and O–H groups in total. The Labute approximate surface area is 189 Å². The summed E-state index contributed by atoms with van der Waals surface area (Å²) in [6.07, 6.45) is 0. The maximum atomic E-state index is 13.9. The number of nitrogens with one attached hydrogen (secondary N) is 1. The summed E-state index contributed by atoms with van der Waals surface area (Å²) in [7, 11) is 1.63. The van der Waals surface area contributed by atoms with Crippen LogP contribution in [0, 0.1) is 12.7 Å². The van der Waals surface area contributed by atoms with Crippen LogP contribution in [0.2, 0.25) is 0 Å². The van der Waals surface area contributed by atoms with Crippen molar-refractivity contribution in [2.24, 2.45) is 0 Å². The number of methoxy groups -OCH3 is 1. The molecule has 0 aliphatic rings. The van der Waals surface area contributed by atoms with Crippen LogP contribution in [0.5, 0.6) is 11.5 Å². The third-order valence-electron chi connectivity index (χ3n) is 4.73. The Morgan fingerprint density at radius 2 is 1.88 bits per heavy atom. The molecule has 1 amide bonds. The van der Waals surface area contributed by atoms with E-state index in [0.717, 1.165) is 22.4 Å². The maximum absolute atomic E-state index is 13.9. The lowest BCUT2D eigenvalue weighted by Crippen LogP contribution is -2.13. The normalized spacial score (nSPS) is 10.6. The number of rotatable bonds is 7. The summed E-state index contributed by atoms with van der Waals surface area (Å²) in [6, 6.07) is 19.8. The van der Waals surface area contributed by atoms with Gasteiger partial charge in [-0.25, -0.2) is 9.37 Å². The third kappa shape index (κ3) is 5.12. The highest BCUT2D eigenvalue weighted by Crippen LogP contribution is 2.28. The fourth-order valence-electron chi connectivity index (χ4n) is 3.08. The first kappa shape index (κ1) is 21.5. The van der Waals surface area contributed by atoms with Crippen molar-refractivity contribution in [2.75, 3.05) is 12.4 Å². The molecule has 0 saturated carbocycles. The van der Waals surface area contributed by atoms with Crippen molar-refractivity contribution in [3.8, 4) is 22.1 Å². The van der Waals surface area contributed by atoms with Crippen LogP contribution in [-0.2, 0) is 6.61 Å². The zero-order valence-electron chi connectivity index (χ0n) is 17.6. The molecular formula is C25H21FN2O3S. The predicted molar refractivity (Wildman–Crippen MR) is 124 cm³/mol. The molecular weight excluding hydrogens is 427 g/mol. The van der Waals surface area contributed by atoms with Crippen LogP contribution in [0.15, 0.2) is 72.1 Å². The van der Waals surface area contributed by atoms with E-state index in [9.17, 15) is 9.18 Å². The van der Waals surface area contributed by atoms with Gasteiger partial charge in [-0.15, -0.1) is 11.3 Å². The predicted octanol–water partition coefficient (Wildman–Crippen LogP) is 6.10. The monoisotopic (exact) mass is 448 g/mol. The van der Waals surface area contributed by atoms with Crippen LogP contribution >= 0.6 is 11.3 Å². The molecule has 4 rings (SSSR count). The molecule has 0 atom stereocenters. The minimum atomic E-state index is -0.486. The highest BCUT2D eigenvalue weighted by molar-refractivity contribution is 7.13. The van der Waals surface area contributed by atoms with Crippen LogP contribution < -0.4 is 14.8 Å². The van der Waals surface area contributed by atoms with Crippen LogP contribution in [-0.4, -0.2) is 18.0 Å². The number of anilines is 1. The van der Waals surface area contributed by atoms with E-state index in [4.69, 9.17) is 9.47 Å². The minimum absolute atomic E-state index is 0.137. The molecule has 1 aromatic heterocycles. The van der Waals surface area contributed by atoms with E-state index in [1.54, 1.807) is 24.6 Å². The van der Waals surface area contributed by atoms with E-state index < -0.39 is 11.7 Å². The van der Waals surface area contributed by atoms with Crippen LogP contribution in [0.1, 0.15) is 21.6 Å². The second-order valence-corrected chi connectivity index (χ2v) is 8.00. The topological polar surface area (TPSA) is 60.5 Å². The van der Waals surface area contributed by atoms with Crippen LogP contribution in [0.4, 0.5) is 10.1 Å². The Kier molecular flexibility index (Phi) is 6.47. The van der Waals surface area contributed by atoms with Gasteiger partial charge in [0.2, 0.25) is 0 Å². The first-order valence-electron chi connectivity index (χ1n) is 9.91. The molecule has 162 valence electrons. The van der Waals surface area contributed by atoms with Gasteiger partial charge >= 0.3 is 0 Å². The first-order valence-corrected chi connectivity index (χ1v) is 10.8. The SMILES string of the molecule is COc1cccc(COc2cccc(-c3nc(C(=O)Nc4cc(C)ccc4F)cs3)c2)c1. The molecule has 4 aromatic rings. The summed E-state index contributed by atoms with van der Waals surface area (Å²) < 4.78 is 25.1. The van der Waals surface area contributed by atoms with Gasteiger partial charge in [0.05, 0.1) is 12.8 Å². The summed E-state index contributed by atoms with van der Waals surface area (Å²) >= 11 is 1.34. The number of ether oxygens (including phenoxy) is 2. The molecule has 3 aromatic carbocycles. The van der Waals surface area contributed by atoms with Gasteiger partial charge in [-0.1, -0.05) is 30.3 Å². The van der Waals surface area contributed by atoms with Crippen molar-refractivity contribution >= 4 is 22.9 Å². The molecule has 0 spiro atoms. The smallest absolute Gasteiger partial charge is 0.275 e. The van der Waals surface area contributed by atoms with Gasteiger partial charge in [-0.2, -0.15) is 0 Å². The second kappa shape index (κ2) is 9.62. The van der Waals surface area contributed by atoms with Crippen molar-refractivity contribution in [1.82, 2.24) is 4.98 Å². The molecule has 1 heterocycles. The number of thiazole rings is 1. The summed E-state index contributed by atoms with van der Waals surface area (Å²) in [4.78, 5) is 17.0. The van der Waals surface area contributed by atoms with Crippen LogP contribution in [0.3, 0.4) is 0 Å². The number of benzene rings is 3. The summed E-state index contributed by atoms with van der Waals surface area (Å²) in [6.45, 7) is 2.23. The number of carbonyl (C=O) groups excluding carboxylic acids is 1. The summed E-state index contributed by atoms with van der Waals surface area (Å²) in [5.41, 5.74) is 3.04. The lowest BCUT2D eigenvalue weighted by Gasteiger charge is -2.08. The van der Waals surface area contributed by atoms with Crippen molar-refractivity contribution in [1.29, 1.82) is 0 Å². The van der Waals surface area contributed by atoms with Gasteiger partial charge in [0.15, 0.2) is 0 Å². The Morgan fingerprint density at radius 1 is 1.06 bits per heavy atom. The molecule has 0 radical (unpaired) electrons. The fraction of sp³-hybridized carbons (Fsp3) is 0.120. The van der Waals surface area contributed by atoms with Gasteiger partial charge in [-0.3, -0.25) is 4.79 Å². The first-order chi connectivity index (χ1) is 15.5. The zero-order valence-corrected chi connectivity index (χ0v) is 18.4. The van der Waals surface area contributed by atoms with E-state index >= 15 is 0 Å². The molecule has 0 aliphatic carbocycles. The molecule has 32 heavy (non-hydrogen) atoms. The second-order valence-electron chi connectivity index (χ2n) is 7.14. The van der Waals surface area contributed by atoms with Gasteiger partial charge in [-0.05, 0) is 54.4 Å². The van der Waals surface area contributed by atoms with Crippen molar-refractivity contribution in [3.05, 3.63) is 94.7 Å². The molecule has 0 saturated heterocycles. The average molecular weight is 449 g/mol.